The zero-order chi connectivity index (χ0) is 13.1. The molecule has 1 aliphatic carbocycles. The number of nitro groups is 1. The molecule has 5 nitrogen and oxygen atoms in total. The van der Waals surface area contributed by atoms with Gasteiger partial charge in [-0.2, -0.15) is 0 Å². The summed E-state index contributed by atoms with van der Waals surface area (Å²) in [5.74, 6) is 0.556. The molecule has 0 amide bonds. The molecule has 1 aromatic carbocycles. The fraction of sp³-hybridized carbons (Fsp3) is 0.538. The van der Waals surface area contributed by atoms with Gasteiger partial charge in [-0.25, -0.2) is 0 Å². The van der Waals surface area contributed by atoms with Crippen LogP contribution in [0.4, 0.5) is 5.69 Å². The van der Waals surface area contributed by atoms with Crippen molar-refractivity contribution in [2.75, 3.05) is 6.54 Å². The second kappa shape index (κ2) is 5.46. The Balaban J connectivity index is 1.84. The number of aliphatic hydroxyl groups excluding tert-OH is 1. The lowest BCUT2D eigenvalue weighted by Gasteiger charge is -2.32. The first-order valence-electron chi connectivity index (χ1n) is 6.22. The Morgan fingerprint density at radius 1 is 1.44 bits per heavy atom. The van der Waals surface area contributed by atoms with Crippen LogP contribution in [0.3, 0.4) is 0 Å². The Morgan fingerprint density at radius 3 is 2.56 bits per heavy atom. The Kier molecular flexibility index (Phi) is 3.93. The van der Waals surface area contributed by atoms with Crippen LogP contribution in [0, 0.1) is 16.0 Å². The molecule has 0 spiro atoms. The molecular weight excluding hydrogens is 232 g/mol. The van der Waals surface area contributed by atoms with E-state index in [0.717, 1.165) is 24.9 Å². The Hall–Kier alpha value is -1.46. The fourth-order valence-corrected chi connectivity index (χ4v) is 2.21. The molecule has 0 aliphatic heterocycles. The number of hydrogen-bond donors (Lipinski definition) is 2. The highest BCUT2D eigenvalue weighted by Gasteiger charge is 2.26. The molecule has 2 rings (SSSR count). The zero-order valence-electron chi connectivity index (χ0n) is 10.4. The van der Waals surface area contributed by atoms with E-state index in [0.29, 0.717) is 5.92 Å². The molecule has 18 heavy (non-hydrogen) atoms. The van der Waals surface area contributed by atoms with E-state index < -0.39 is 4.92 Å². The van der Waals surface area contributed by atoms with Crippen molar-refractivity contribution in [2.24, 2.45) is 5.92 Å². The average molecular weight is 250 g/mol. The smallest absolute Gasteiger partial charge is 0.269 e. The van der Waals surface area contributed by atoms with Crippen molar-refractivity contribution in [3.63, 3.8) is 0 Å². The molecule has 1 saturated carbocycles. The van der Waals surface area contributed by atoms with Crippen LogP contribution in [0.25, 0.3) is 0 Å². The lowest BCUT2D eigenvalue weighted by molar-refractivity contribution is -0.384. The highest BCUT2D eigenvalue weighted by Crippen LogP contribution is 2.27. The molecule has 1 fully saturated rings. The van der Waals surface area contributed by atoms with Gasteiger partial charge in [0.05, 0.1) is 11.0 Å². The van der Waals surface area contributed by atoms with Crippen LogP contribution in [0.5, 0.6) is 0 Å². The number of aliphatic hydroxyl groups is 1. The molecule has 0 radical (unpaired) electrons. The molecular formula is C13H18N2O3. The number of nitrogens with zero attached hydrogens (tertiary/aromatic N) is 1. The standard InChI is InChI=1S/C13H18N2O3/c1-9(14-8-10-6-13(16)7-10)11-2-4-12(5-3-11)15(17)18/h2-5,9-10,13-14,16H,6-8H2,1H3. The first-order chi connectivity index (χ1) is 8.56. The second-order valence-electron chi connectivity index (χ2n) is 4.97. The van der Waals surface area contributed by atoms with Gasteiger partial charge in [-0.15, -0.1) is 0 Å². The van der Waals surface area contributed by atoms with Gasteiger partial charge in [0.2, 0.25) is 0 Å². The van der Waals surface area contributed by atoms with Crippen molar-refractivity contribution in [3.05, 3.63) is 39.9 Å². The SMILES string of the molecule is CC(NCC1CC(O)C1)c1ccc([N+](=O)[O-])cc1. The molecule has 1 aliphatic rings. The largest absolute Gasteiger partial charge is 0.393 e. The van der Waals surface area contributed by atoms with E-state index in [1.165, 1.54) is 12.1 Å². The summed E-state index contributed by atoms with van der Waals surface area (Å²) < 4.78 is 0. The normalized spacial score (nSPS) is 24.3. The fourth-order valence-electron chi connectivity index (χ4n) is 2.21. The quantitative estimate of drug-likeness (QED) is 0.619. The van der Waals surface area contributed by atoms with E-state index in [1.54, 1.807) is 12.1 Å². The Morgan fingerprint density at radius 2 is 2.06 bits per heavy atom. The van der Waals surface area contributed by atoms with Crippen LogP contribution in [-0.2, 0) is 0 Å². The lowest BCUT2D eigenvalue weighted by Crippen LogP contribution is -2.36. The van der Waals surface area contributed by atoms with Crippen molar-refractivity contribution >= 4 is 5.69 Å². The molecule has 0 aromatic heterocycles. The van der Waals surface area contributed by atoms with Crippen LogP contribution in [0.15, 0.2) is 24.3 Å². The van der Waals surface area contributed by atoms with Gasteiger partial charge in [0.15, 0.2) is 0 Å². The first-order valence-corrected chi connectivity index (χ1v) is 6.22. The topological polar surface area (TPSA) is 75.4 Å². The number of nitro benzene ring substituents is 1. The minimum Gasteiger partial charge on any atom is -0.393 e. The Bertz CT molecular complexity index is 413. The van der Waals surface area contributed by atoms with Crippen molar-refractivity contribution < 1.29 is 10.0 Å². The van der Waals surface area contributed by atoms with Crippen LogP contribution >= 0.6 is 0 Å². The van der Waals surface area contributed by atoms with Crippen molar-refractivity contribution in [1.29, 1.82) is 0 Å². The average Bonchev–Trinajstić information content (AvgIpc) is 2.33. The summed E-state index contributed by atoms with van der Waals surface area (Å²) in [6.45, 7) is 2.92. The number of hydrogen-bond acceptors (Lipinski definition) is 4. The molecule has 0 saturated heterocycles. The highest BCUT2D eigenvalue weighted by atomic mass is 16.6. The van der Waals surface area contributed by atoms with E-state index in [9.17, 15) is 15.2 Å². The van der Waals surface area contributed by atoms with E-state index in [2.05, 4.69) is 5.32 Å². The molecule has 0 bridgehead atoms. The number of non-ortho nitro benzene ring substituents is 1. The predicted octanol–water partition coefficient (Wildman–Crippen LogP) is 2.02. The van der Waals surface area contributed by atoms with Gasteiger partial charge < -0.3 is 10.4 Å². The van der Waals surface area contributed by atoms with Crippen LogP contribution in [-0.4, -0.2) is 22.7 Å². The summed E-state index contributed by atoms with van der Waals surface area (Å²) in [4.78, 5) is 10.1. The summed E-state index contributed by atoms with van der Waals surface area (Å²) >= 11 is 0. The van der Waals surface area contributed by atoms with Crippen LogP contribution < -0.4 is 5.32 Å². The van der Waals surface area contributed by atoms with E-state index in [4.69, 9.17) is 0 Å². The van der Waals surface area contributed by atoms with Crippen molar-refractivity contribution in [3.8, 4) is 0 Å². The molecule has 98 valence electrons. The molecule has 0 heterocycles. The van der Waals surface area contributed by atoms with Crippen molar-refractivity contribution in [2.45, 2.75) is 31.9 Å². The van der Waals surface area contributed by atoms with E-state index in [1.807, 2.05) is 6.92 Å². The number of nitrogens with one attached hydrogen (secondary N) is 1. The monoisotopic (exact) mass is 250 g/mol. The molecule has 2 N–H and O–H groups in total. The highest BCUT2D eigenvalue weighted by molar-refractivity contribution is 5.34. The summed E-state index contributed by atoms with van der Waals surface area (Å²) in [6.07, 6.45) is 1.63. The third kappa shape index (κ3) is 3.05. The minimum atomic E-state index is -0.391. The minimum absolute atomic E-state index is 0.119. The van der Waals surface area contributed by atoms with Gasteiger partial charge in [0.25, 0.3) is 5.69 Å². The van der Waals surface area contributed by atoms with Crippen LogP contribution in [0.1, 0.15) is 31.4 Å². The maximum Gasteiger partial charge on any atom is 0.269 e. The van der Waals surface area contributed by atoms with E-state index >= 15 is 0 Å². The molecule has 5 heteroatoms. The van der Waals surface area contributed by atoms with Gasteiger partial charge >= 0.3 is 0 Å². The maximum atomic E-state index is 10.5. The number of rotatable bonds is 5. The summed E-state index contributed by atoms with van der Waals surface area (Å²) in [6, 6.07) is 6.79. The van der Waals surface area contributed by atoms with Gasteiger partial charge in [-0.3, -0.25) is 10.1 Å². The molecule has 1 aromatic rings. The predicted molar refractivity (Wildman–Crippen MR) is 68.2 cm³/mol. The van der Waals surface area contributed by atoms with Gasteiger partial charge in [-0.1, -0.05) is 12.1 Å². The summed E-state index contributed by atoms with van der Waals surface area (Å²) in [7, 11) is 0. The number of benzene rings is 1. The van der Waals surface area contributed by atoms with Gasteiger partial charge in [0, 0.05) is 18.2 Å². The Labute approximate surface area is 106 Å². The van der Waals surface area contributed by atoms with Gasteiger partial charge in [-0.05, 0) is 37.8 Å². The first kappa shape index (κ1) is 13.0. The summed E-state index contributed by atoms with van der Waals surface area (Å²) in [5.41, 5.74) is 1.16. The van der Waals surface area contributed by atoms with Crippen molar-refractivity contribution in [1.82, 2.24) is 5.32 Å². The summed E-state index contributed by atoms with van der Waals surface area (Å²) in [5, 5.41) is 23.1. The van der Waals surface area contributed by atoms with E-state index in [-0.39, 0.29) is 17.8 Å². The lowest BCUT2D eigenvalue weighted by atomic mass is 9.82. The van der Waals surface area contributed by atoms with Gasteiger partial charge in [0.1, 0.15) is 0 Å². The third-order valence-electron chi connectivity index (χ3n) is 3.53. The zero-order valence-corrected chi connectivity index (χ0v) is 10.4. The molecule has 1 unspecified atom stereocenters. The van der Waals surface area contributed by atoms with Crippen LogP contribution in [0.2, 0.25) is 0 Å². The maximum absolute atomic E-state index is 10.5. The second-order valence-corrected chi connectivity index (χ2v) is 4.97. The molecule has 1 atom stereocenters. The third-order valence-corrected chi connectivity index (χ3v) is 3.53.